The number of hydrogen-bond donors (Lipinski definition) is 1. The van der Waals surface area contributed by atoms with Gasteiger partial charge in [0.1, 0.15) is 0 Å². The zero-order valence-corrected chi connectivity index (χ0v) is 16.5. The highest BCUT2D eigenvalue weighted by molar-refractivity contribution is 5.91. The minimum atomic E-state index is 0.0481. The first-order valence-electron chi connectivity index (χ1n) is 9.61. The number of amides is 2. The van der Waals surface area contributed by atoms with Crippen LogP contribution in [0.2, 0.25) is 0 Å². The molecule has 3 heteroatoms. The van der Waals surface area contributed by atoms with Gasteiger partial charge < -0.3 is 10.2 Å². The highest BCUT2D eigenvalue weighted by atomic mass is 16.2. The summed E-state index contributed by atoms with van der Waals surface area (Å²) in [5, 5.41) is 3.25. The molecule has 24 heavy (non-hydrogen) atoms. The van der Waals surface area contributed by atoms with Crippen molar-refractivity contribution >= 4 is 11.7 Å². The smallest absolute Gasteiger partial charge is 0.321 e. The van der Waals surface area contributed by atoms with Crippen molar-refractivity contribution in [3.8, 4) is 0 Å². The lowest BCUT2D eigenvalue weighted by Crippen LogP contribution is -2.37. The molecule has 1 rings (SSSR count). The number of nitrogens with one attached hydrogen (secondary N) is 1. The molecule has 3 nitrogen and oxygen atoms in total. The molecule has 0 heterocycles. The predicted octanol–water partition coefficient (Wildman–Crippen LogP) is 6.37. The van der Waals surface area contributed by atoms with Gasteiger partial charge in [-0.15, -0.1) is 0 Å². The number of rotatable bonds is 9. The highest BCUT2D eigenvalue weighted by Gasteiger charge is 2.19. The summed E-state index contributed by atoms with van der Waals surface area (Å²) in [4.78, 5) is 14.9. The first-order chi connectivity index (χ1) is 11.4. The Morgan fingerprint density at radius 1 is 0.958 bits per heavy atom. The van der Waals surface area contributed by atoms with Crippen molar-refractivity contribution in [2.45, 2.75) is 79.1 Å². The average molecular weight is 333 g/mol. The maximum Gasteiger partial charge on any atom is 0.321 e. The van der Waals surface area contributed by atoms with Crippen molar-refractivity contribution in [1.29, 1.82) is 0 Å². The Morgan fingerprint density at radius 3 is 1.79 bits per heavy atom. The number of urea groups is 1. The van der Waals surface area contributed by atoms with Gasteiger partial charge >= 0.3 is 6.03 Å². The highest BCUT2D eigenvalue weighted by Crippen LogP contribution is 2.32. The van der Waals surface area contributed by atoms with Crippen molar-refractivity contribution in [1.82, 2.24) is 4.90 Å². The second-order valence-corrected chi connectivity index (χ2v) is 7.25. The monoisotopic (exact) mass is 332 g/mol. The molecule has 0 saturated carbocycles. The number of carbonyl (C=O) groups is 1. The minimum absolute atomic E-state index is 0.0481. The lowest BCUT2D eigenvalue weighted by Gasteiger charge is -2.26. The van der Waals surface area contributed by atoms with E-state index in [4.69, 9.17) is 0 Å². The lowest BCUT2D eigenvalue weighted by atomic mass is 9.93. The van der Waals surface area contributed by atoms with Crippen LogP contribution < -0.4 is 5.32 Å². The van der Waals surface area contributed by atoms with Crippen LogP contribution in [0, 0.1) is 0 Å². The van der Waals surface area contributed by atoms with Crippen LogP contribution in [0.25, 0.3) is 0 Å². The van der Waals surface area contributed by atoms with Gasteiger partial charge in [0.2, 0.25) is 0 Å². The standard InChI is InChI=1S/C21H36N2O/c1-7-9-14-23(15-10-8-2)21(24)22-20-18(16(3)4)12-11-13-19(20)17(5)6/h11-13,16-17H,7-10,14-15H2,1-6H3,(H,22,24). The summed E-state index contributed by atoms with van der Waals surface area (Å²) in [6, 6.07) is 6.42. The van der Waals surface area contributed by atoms with Crippen molar-refractivity contribution in [3.63, 3.8) is 0 Å². The SMILES string of the molecule is CCCCN(CCCC)C(=O)Nc1c(C(C)C)cccc1C(C)C. The molecule has 0 saturated heterocycles. The van der Waals surface area contributed by atoms with E-state index in [1.807, 2.05) is 4.90 Å². The Hall–Kier alpha value is -1.51. The molecule has 136 valence electrons. The van der Waals surface area contributed by atoms with E-state index in [1.54, 1.807) is 0 Å². The van der Waals surface area contributed by atoms with Crippen LogP contribution in [0.4, 0.5) is 10.5 Å². The molecular weight excluding hydrogens is 296 g/mol. The zero-order valence-electron chi connectivity index (χ0n) is 16.5. The molecule has 1 aromatic rings. The Kier molecular flexibility index (Phi) is 8.88. The normalized spacial score (nSPS) is 11.2. The molecule has 0 radical (unpaired) electrons. The Labute approximate surface area is 148 Å². The molecule has 1 N–H and O–H groups in total. The molecule has 1 aromatic carbocycles. The first kappa shape index (κ1) is 20.5. The maximum atomic E-state index is 12.9. The average Bonchev–Trinajstić information content (AvgIpc) is 2.54. The van der Waals surface area contributed by atoms with Gasteiger partial charge in [-0.25, -0.2) is 4.79 Å². The third-order valence-electron chi connectivity index (χ3n) is 4.46. The number of benzene rings is 1. The third-order valence-corrected chi connectivity index (χ3v) is 4.46. The lowest BCUT2D eigenvalue weighted by molar-refractivity contribution is 0.210. The molecule has 0 aliphatic heterocycles. The van der Waals surface area contributed by atoms with Crippen LogP contribution in [0.5, 0.6) is 0 Å². The van der Waals surface area contributed by atoms with Gasteiger partial charge in [-0.1, -0.05) is 72.6 Å². The van der Waals surface area contributed by atoms with Crippen molar-refractivity contribution < 1.29 is 4.79 Å². The molecule has 0 aromatic heterocycles. The number of anilines is 1. The fraction of sp³-hybridized carbons (Fsp3) is 0.667. The van der Waals surface area contributed by atoms with E-state index < -0.39 is 0 Å². The van der Waals surface area contributed by atoms with E-state index in [-0.39, 0.29) is 6.03 Å². The maximum absolute atomic E-state index is 12.9. The fourth-order valence-electron chi connectivity index (χ4n) is 2.89. The summed E-state index contributed by atoms with van der Waals surface area (Å²) in [6.45, 7) is 14.7. The quantitative estimate of drug-likeness (QED) is 0.560. The summed E-state index contributed by atoms with van der Waals surface area (Å²) in [7, 11) is 0. The summed E-state index contributed by atoms with van der Waals surface area (Å²) >= 11 is 0. The van der Waals surface area contributed by atoms with Crippen molar-refractivity contribution in [3.05, 3.63) is 29.3 Å². The first-order valence-corrected chi connectivity index (χ1v) is 9.61. The van der Waals surface area contributed by atoms with Crippen molar-refractivity contribution in [2.24, 2.45) is 0 Å². The number of unbranched alkanes of at least 4 members (excludes halogenated alkanes) is 2. The van der Waals surface area contributed by atoms with Crippen LogP contribution in [0.15, 0.2) is 18.2 Å². The van der Waals surface area contributed by atoms with E-state index in [0.717, 1.165) is 44.5 Å². The Balaban J connectivity index is 3.04. The molecule has 0 atom stereocenters. The molecule has 0 aliphatic rings. The van der Waals surface area contributed by atoms with E-state index >= 15 is 0 Å². The van der Waals surface area contributed by atoms with Crippen molar-refractivity contribution in [2.75, 3.05) is 18.4 Å². The van der Waals surface area contributed by atoms with E-state index in [1.165, 1.54) is 11.1 Å². The molecule has 2 amide bonds. The van der Waals surface area contributed by atoms with E-state index in [9.17, 15) is 4.79 Å². The number of carbonyl (C=O) groups excluding carboxylic acids is 1. The zero-order chi connectivity index (χ0) is 18.1. The van der Waals surface area contributed by atoms with Crippen LogP contribution in [-0.4, -0.2) is 24.0 Å². The number of nitrogens with zero attached hydrogens (tertiary/aromatic N) is 1. The second kappa shape index (κ2) is 10.4. The Bertz CT molecular complexity index is 474. The van der Waals surface area contributed by atoms with Gasteiger partial charge in [0.05, 0.1) is 0 Å². The van der Waals surface area contributed by atoms with E-state index in [2.05, 4.69) is 65.1 Å². The van der Waals surface area contributed by atoms with Crippen LogP contribution in [0.1, 0.15) is 90.2 Å². The third kappa shape index (κ3) is 5.85. The fourth-order valence-corrected chi connectivity index (χ4v) is 2.89. The number of para-hydroxylation sites is 1. The van der Waals surface area contributed by atoms with E-state index in [0.29, 0.717) is 11.8 Å². The molecule has 0 aliphatic carbocycles. The van der Waals surface area contributed by atoms with Gasteiger partial charge in [-0.2, -0.15) is 0 Å². The Morgan fingerprint density at radius 2 is 1.42 bits per heavy atom. The topological polar surface area (TPSA) is 32.3 Å². The summed E-state index contributed by atoms with van der Waals surface area (Å²) in [6.07, 6.45) is 4.32. The largest absolute Gasteiger partial charge is 0.325 e. The molecule has 0 spiro atoms. The van der Waals surface area contributed by atoms with Gasteiger partial charge in [0.25, 0.3) is 0 Å². The molecule has 0 bridgehead atoms. The molecule has 0 fully saturated rings. The summed E-state index contributed by atoms with van der Waals surface area (Å²) < 4.78 is 0. The van der Waals surface area contributed by atoms with Crippen LogP contribution >= 0.6 is 0 Å². The molecule has 0 unspecified atom stereocenters. The summed E-state index contributed by atoms with van der Waals surface area (Å²) in [5.74, 6) is 0.775. The van der Waals surface area contributed by atoms with Gasteiger partial charge in [-0.3, -0.25) is 0 Å². The second-order valence-electron chi connectivity index (χ2n) is 7.25. The van der Waals surface area contributed by atoms with Gasteiger partial charge in [0, 0.05) is 18.8 Å². The van der Waals surface area contributed by atoms with Crippen LogP contribution in [-0.2, 0) is 0 Å². The minimum Gasteiger partial charge on any atom is -0.325 e. The van der Waals surface area contributed by atoms with Crippen LogP contribution in [0.3, 0.4) is 0 Å². The molecular formula is C21H36N2O. The van der Waals surface area contributed by atoms with Gasteiger partial charge in [-0.05, 0) is 35.8 Å². The summed E-state index contributed by atoms with van der Waals surface area (Å²) in [5.41, 5.74) is 3.46. The van der Waals surface area contributed by atoms with Gasteiger partial charge in [0.15, 0.2) is 0 Å². The number of hydrogen-bond acceptors (Lipinski definition) is 1. The predicted molar refractivity (Wildman–Crippen MR) is 105 cm³/mol.